The molecule has 0 N–H and O–H groups in total. The van der Waals surface area contributed by atoms with Crippen molar-refractivity contribution in [2.45, 2.75) is 352 Å². The third-order valence-corrected chi connectivity index (χ3v) is 21.4. The van der Waals surface area contributed by atoms with Crippen LogP contribution in [-0.4, -0.2) is 0 Å². The molecule has 9 rings (SSSR count). The molecule has 0 aliphatic heterocycles. The molecule has 0 unspecified atom stereocenters. The number of benzene rings is 9. The Balaban J connectivity index is 0. The summed E-state index contributed by atoms with van der Waals surface area (Å²) >= 11 is 0. The van der Waals surface area contributed by atoms with E-state index < -0.39 is 0 Å². The molecule has 0 nitrogen and oxygen atoms in total. The minimum absolute atomic E-state index is 0. The Kier molecular flexibility index (Phi) is 46.1. The van der Waals surface area contributed by atoms with E-state index in [2.05, 4.69) is 417 Å². The highest BCUT2D eigenvalue weighted by atomic mass is 14.2. The quantitative estimate of drug-likeness (QED) is 0.135. The first-order valence-electron chi connectivity index (χ1n) is 39.7. The lowest BCUT2D eigenvalue weighted by Gasteiger charge is -2.15. The predicted octanol–water partition coefficient (Wildman–Crippen LogP) is 33.7. The van der Waals surface area contributed by atoms with Crippen LogP contribution in [0.4, 0.5) is 0 Å². The minimum Gasteiger partial charge on any atom is -0.0776 e. The van der Waals surface area contributed by atoms with Gasteiger partial charge in [-0.05, 0) is 374 Å². The maximum atomic E-state index is 2.31. The van der Waals surface area contributed by atoms with Gasteiger partial charge in [0.15, 0.2) is 0 Å². The summed E-state index contributed by atoms with van der Waals surface area (Å²) in [4.78, 5) is 0. The van der Waals surface area contributed by atoms with Gasteiger partial charge in [-0.15, -0.1) is 0 Å². The van der Waals surface area contributed by atoms with E-state index in [1.807, 2.05) is 0 Å². The Hall–Kier alpha value is -7.02. The smallest absolute Gasteiger partial charge is 0.0213 e. The first-order chi connectivity index (χ1) is 48.1. The van der Waals surface area contributed by atoms with Gasteiger partial charge in [0.2, 0.25) is 0 Å². The van der Waals surface area contributed by atoms with E-state index in [-0.39, 0.29) is 14.9 Å². The topological polar surface area (TPSA) is 0 Å². The number of hydrogen-bond donors (Lipinski definition) is 0. The molecule has 0 spiro atoms. The average molecular weight is 1440 g/mol. The van der Waals surface area contributed by atoms with Crippen LogP contribution >= 0.6 is 0 Å². The molecular weight excluding hydrogens is 1270 g/mol. The molecule has 106 heavy (non-hydrogen) atoms. The summed E-state index contributed by atoms with van der Waals surface area (Å²) in [6.45, 7) is 90.7. The third-order valence-electron chi connectivity index (χ3n) is 21.4. The van der Waals surface area contributed by atoms with Crippen molar-refractivity contribution in [1.29, 1.82) is 0 Å². The standard InChI is InChI=1S/5C12H18.4C11H16.2CH4/c1-8(2)12-7-10(4)9(3)6-11(12)5;1-8(2)12-7-9(3)6-10(4)11(12)5;1-8(2)12-7-6-9(3)10(4)11(12)5;2*1-8(2)12-10(4)7-6-9(3)11(12)5;1-8(2)11-6-5-9(3)7-10(11)4;1-8(2)11-7-9(3)5-6-10(11)4;1-8(2)11-7-5-6-9(3)10(11)4;1-8(2)11-9(3)6-5-7-10(11)4;;/h5*6-8H,1-5H3;4*5-8H,1-4H3;2*1H4. The van der Waals surface area contributed by atoms with Crippen LogP contribution in [0.5, 0.6) is 0 Å². The molecule has 0 aliphatic rings. The number of aryl methyl sites for hydroxylation is 17. The van der Waals surface area contributed by atoms with Gasteiger partial charge >= 0.3 is 0 Å². The largest absolute Gasteiger partial charge is 0.0776 e. The van der Waals surface area contributed by atoms with Gasteiger partial charge in [-0.25, -0.2) is 0 Å². The van der Waals surface area contributed by atoms with Crippen LogP contribution in [-0.2, 0) is 0 Å². The summed E-state index contributed by atoms with van der Waals surface area (Å²) in [5.41, 5.74) is 46.0. The normalized spacial score (nSPS) is 10.5. The van der Waals surface area contributed by atoms with Gasteiger partial charge < -0.3 is 0 Å². The highest BCUT2D eigenvalue weighted by Crippen LogP contribution is 2.30. The molecule has 0 amide bonds. The molecule has 0 aromatic heterocycles. The SMILES string of the molecule is C.C.Cc1cc(C)c(C(C)C)cc1C.Cc1cc(C)c(C)c(C(C)C)c1.Cc1ccc(C(C)C)c(C)c1.Cc1ccc(C(C)C)c(C)c1C.Cc1ccc(C)c(C(C)C)c1.Cc1ccc(C)c(C(C)C)c1C.Cc1ccc(C)c(C(C)C)c1C.Cc1cccc(C(C)C)c1C.Cc1cccc(C)c1C(C)C. The van der Waals surface area contributed by atoms with E-state index in [4.69, 9.17) is 0 Å². The van der Waals surface area contributed by atoms with Crippen molar-refractivity contribution in [1.82, 2.24) is 0 Å². The van der Waals surface area contributed by atoms with Gasteiger partial charge in [0, 0.05) is 0 Å². The molecule has 0 radical (unpaired) electrons. The Morgan fingerprint density at radius 1 is 0.151 bits per heavy atom. The first kappa shape index (κ1) is 101. The number of rotatable bonds is 9. The highest BCUT2D eigenvalue weighted by Gasteiger charge is 2.13. The van der Waals surface area contributed by atoms with Crippen LogP contribution in [0.2, 0.25) is 0 Å². The predicted molar refractivity (Wildman–Crippen MR) is 487 cm³/mol. The Morgan fingerprint density at radius 2 is 0.434 bits per heavy atom. The fourth-order valence-electron chi connectivity index (χ4n) is 14.6. The van der Waals surface area contributed by atoms with Crippen molar-refractivity contribution in [2.75, 3.05) is 0 Å². The minimum atomic E-state index is 0. The van der Waals surface area contributed by atoms with Gasteiger partial charge in [-0.3, -0.25) is 0 Å². The lowest BCUT2D eigenvalue weighted by molar-refractivity contribution is 0.843. The molecule has 9 aromatic carbocycles. The molecular formula is C106H162. The molecule has 586 valence electrons. The van der Waals surface area contributed by atoms with Crippen molar-refractivity contribution in [3.8, 4) is 0 Å². The van der Waals surface area contributed by atoms with E-state index in [9.17, 15) is 0 Å². The fourth-order valence-corrected chi connectivity index (χ4v) is 14.6. The van der Waals surface area contributed by atoms with Crippen molar-refractivity contribution in [3.63, 3.8) is 0 Å². The lowest BCUT2D eigenvalue weighted by Crippen LogP contribution is -1.97. The maximum absolute atomic E-state index is 2.31. The van der Waals surface area contributed by atoms with Gasteiger partial charge in [0.25, 0.3) is 0 Å². The monoisotopic (exact) mass is 1440 g/mol. The Morgan fingerprint density at radius 3 is 0.821 bits per heavy atom. The molecule has 9 aromatic rings. The van der Waals surface area contributed by atoms with Crippen LogP contribution in [0.3, 0.4) is 0 Å². The van der Waals surface area contributed by atoms with Crippen molar-refractivity contribution < 1.29 is 0 Å². The number of hydrogen-bond acceptors (Lipinski definition) is 0. The third kappa shape index (κ3) is 32.4. The van der Waals surface area contributed by atoms with E-state index >= 15 is 0 Å². The molecule has 0 saturated carbocycles. The van der Waals surface area contributed by atoms with Crippen LogP contribution in [0.1, 0.15) is 371 Å². The zero-order chi connectivity index (χ0) is 80.2. The van der Waals surface area contributed by atoms with Gasteiger partial charge in [0.1, 0.15) is 0 Å². The van der Waals surface area contributed by atoms with Crippen LogP contribution in [0.25, 0.3) is 0 Å². The Labute approximate surface area is 659 Å². The van der Waals surface area contributed by atoms with Crippen LogP contribution in [0, 0.1) is 159 Å². The summed E-state index contributed by atoms with van der Waals surface area (Å²) in [6, 6.07) is 48.8. The highest BCUT2D eigenvalue weighted by molar-refractivity contribution is 5.45. The summed E-state index contributed by atoms with van der Waals surface area (Å²) in [5, 5.41) is 0. The zero-order valence-corrected chi connectivity index (χ0v) is 74.9. The van der Waals surface area contributed by atoms with Crippen LogP contribution in [0.15, 0.2) is 133 Å². The fraction of sp³-hybridized carbons (Fsp3) is 0.491. The maximum Gasteiger partial charge on any atom is -0.0213 e. The first-order valence-corrected chi connectivity index (χ1v) is 39.7. The Bertz CT molecular complexity index is 3980. The molecule has 0 fully saturated rings. The molecule has 0 saturated heterocycles. The van der Waals surface area contributed by atoms with Crippen molar-refractivity contribution in [3.05, 3.63) is 311 Å². The second-order valence-corrected chi connectivity index (χ2v) is 33.5. The van der Waals surface area contributed by atoms with Gasteiger partial charge in [0.05, 0.1) is 0 Å². The average Bonchev–Trinajstić information content (AvgIpc) is 0.845. The molecule has 0 bridgehead atoms. The molecule has 0 heteroatoms. The molecule has 0 atom stereocenters. The second-order valence-electron chi connectivity index (χ2n) is 33.5. The van der Waals surface area contributed by atoms with Crippen LogP contribution < -0.4 is 0 Å². The zero-order valence-electron chi connectivity index (χ0n) is 74.9. The summed E-state index contributed by atoms with van der Waals surface area (Å²) in [5.74, 6) is 5.81. The van der Waals surface area contributed by atoms with Gasteiger partial charge in [-0.2, -0.15) is 0 Å². The summed E-state index contributed by atoms with van der Waals surface area (Å²) < 4.78 is 0. The van der Waals surface area contributed by atoms with Crippen molar-refractivity contribution in [2.24, 2.45) is 0 Å². The second kappa shape index (κ2) is 48.4. The van der Waals surface area contributed by atoms with Gasteiger partial charge in [-0.1, -0.05) is 290 Å². The van der Waals surface area contributed by atoms with E-state index in [0.717, 1.165) is 0 Å². The van der Waals surface area contributed by atoms with E-state index in [1.165, 1.54) is 178 Å². The van der Waals surface area contributed by atoms with Crippen molar-refractivity contribution >= 4 is 0 Å². The summed E-state index contributed by atoms with van der Waals surface area (Å²) in [7, 11) is 0. The molecule has 0 heterocycles. The molecule has 0 aliphatic carbocycles. The summed E-state index contributed by atoms with van der Waals surface area (Å²) in [6.07, 6.45) is 0. The van der Waals surface area contributed by atoms with E-state index in [0.29, 0.717) is 53.3 Å². The lowest BCUT2D eigenvalue weighted by atomic mass is 9.91. The van der Waals surface area contributed by atoms with E-state index in [1.54, 1.807) is 0 Å².